The van der Waals surface area contributed by atoms with Crippen LogP contribution < -0.4 is 4.74 Å². The van der Waals surface area contributed by atoms with Gasteiger partial charge < -0.3 is 4.74 Å². The maximum Gasteiger partial charge on any atom is 0.125 e. The highest BCUT2D eigenvalue weighted by molar-refractivity contribution is 5.42. The highest BCUT2D eigenvalue weighted by atomic mass is 16.5. The van der Waals surface area contributed by atoms with Gasteiger partial charge in [0.1, 0.15) is 5.75 Å². The minimum atomic E-state index is 0.835. The first kappa shape index (κ1) is 15.0. The third kappa shape index (κ3) is 4.69. The molecule has 0 fully saturated rings. The largest absolute Gasteiger partial charge is 0.493 e. The zero-order valence-electron chi connectivity index (χ0n) is 11.7. The molecule has 16 heavy (non-hydrogen) atoms. The maximum atomic E-state index is 5.76. The number of ether oxygens (including phenoxy) is 1. The standard InChI is InChI=1S/C13H20O.C2H6/c1-5-6-7-14-13-11(3)8-10(2)9-12(13)4;1-2/h8-9H,5-7H2,1-4H3;1-2H3. The number of benzene rings is 1. The molecule has 0 bridgehead atoms. The third-order valence-electron chi connectivity index (χ3n) is 2.35. The molecule has 0 saturated carbocycles. The average Bonchev–Trinajstić information content (AvgIpc) is 2.25. The van der Waals surface area contributed by atoms with Gasteiger partial charge in [0.05, 0.1) is 6.61 Å². The van der Waals surface area contributed by atoms with Gasteiger partial charge in [0.2, 0.25) is 0 Å². The number of aryl methyl sites for hydroxylation is 3. The van der Waals surface area contributed by atoms with E-state index in [1.807, 2.05) is 13.8 Å². The summed E-state index contributed by atoms with van der Waals surface area (Å²) in [7, 11) is 0. The first-order valence-electron chi connectivity index (χ1n) is 6.35. The van der Waals surface area contributed by atoms with Crippen LogP contribution >= 0.6 is 0 Å². The molecule has 0 radical (unpaired) electrons. The molecule has 0 saturated heterocycles. The van der Waals surface area contributed by atoms with Gasteiger partial charge in [-0.15, -0.1) is 0 Å². The highest BCUT2D eigenvalue weighted by Crippen LogP contribution is 2.24. The van der Waals surface area contributed by atoms with Crippen LogP contribution in [0.4, 0.5) is 0 Å². The fourth-order valence-corrected chi connectivity index (χ4v) is 1.71. The van der Waals surface area contributed by atoms with E-state index in [9.17, 15) is 0 Å². The molecule has 1 rings (SSSR count). The molecule has 0 aliphatic heterocycles. The summed E-state index contributed by atoms with van der Waals surface area (Å²) >= 11 is 0. The first-order valence-corrected chi connectivity index (χ1v) is 6.35. The lowest BCUT2D eigenvalue weighted by atomic mass is 10.1. The maximum absolute atomic E-state index is 5.76. The molecule has 0 aliphatic rings. The van der Waals surface area contributed by atoms with Gasteiger partial charge in [-0.3, -0.25) is 0 Å². The molecule has 92 valence electrons. The van der Waals surface area contributed by atoms with Crippen molar-refractivity contribution in [2.24, 2.45) is 0 Å². The quantitative estimate of drug-likeness (QED) is 0.664. The summed E-state index contributed by atoms with van der Waals surface area (Å²) in [4.78, 5) is 0. The predicted molar refractivity (Wildman–Crippen MR) is 72.4 cm³/mol. The van der Waals surface area contributed by atoms with E-state index in [2.05, 4.69) is 39.8 Å². The Morgan fingerprint density at radius 3 is 1.94 bits per heavy atom. The highest BCUT2D eigenvalue weighted by Gasteiger charge is 2.03. The van der Waals surface area contributed by atoms with Crippen LogP contribution in [-0.2, 0) is 0 Å². The normalized spacial score (nSPS) is 9.38. The Morgan fingerprint density at radius 1 is 1.00 bits per heavy atom. The van der Waals surface area contributed by atoms with E-state index < -0.39 is 0 Å². The second-order valence-corrected chi connectivity index (χ2v) is 3.93. The molecule has 0 N–H and O–H groups in total. The number of hydrogen-bond acceptors (Lipinski definition) is 1. The van der Waals surface area contributed by atoms with E-state index in [4.69, 9.17) is 4.74 Å². The molecular formula is C15H26O. The van der Waals surface area contributed by atoms with Crippen LogP contribution in [0, 0.1) is 20.8 Å². The Morgan fingerprint density at radius 2 is 1.50 bits per heavy atom. The summed E-state index contributed by atoms with van der Waals surface area (Å²) in [5.74, 6) is 1.07. The van der Waals surface area contributed by atoms with Gasteiger partial charge in [-0.25, -0.2) is 0 Å². The summed E-state index contributed by atoms with van der Waals surface area (Å²) < 4.78 is 5.76. The number of unbranched alkanes of at least 4 members (excludes halogenated alkanes) is 1. The zero-order chi connectivity index (χ0) is 12.6. The van der Waals surface area contributed by atoms with Gasteiger partial charge in [-0.2, -0.15) is 0 Å². The lowest BCUT2D eigenvalue weighted by Crippen LogP contribution is -2.00. The van der Waals surface area contributed by atoms with Crippen LogP contribution in [0.5, 0.6) is 5.75 Å². The minimum absolute atomic E-state index is 0.835. The summed E-state index contributed by atoms with van der Waals surface area (Å²) in [5, 5.41) is 0. The number of hydrogen-bond donors (Lipinski definition) is 0. The van der Waals surface area contributed by atoms with Gasteiger partial charge in [-0.1, -0.05) is 44.9 Å². The Hall–Kier alpha value is -0.980. The van der Waals surface area contributed by atoms with Crippen molar-refractivity contribution in [3.8, 4) is 5.75 Å². The SMILES string of the molecule is CC.CCCCOc1c(C)cc(C)cc1C. The van der Waals surface area contributed by atoms with Crippen molar-refractivity contribution < 1.29 is 4.74 Å². The molecule has 0 amide bonds. The molecule has 1 aromatic rings. The Labute approximate surface area is 101 Å². The summed E-state index contributed by atoms with van der Waals surface area (Å²) in [5.41, 5.74) is 3.81. The molecule has 1 heteroatoms. The lowest BCUT2D eigenvalue weighted by molar-refractivity contribution is 0.305. The molecular weight excluding hydrogens is 196 g/mol. The Kier molecular flexibility index (Phi) is 7.70. The van der Waals surface area contributed by atoms with Crippen molar-refractivity contribution in [2.45, 2.75) is 54.4 Å². The average molecular weight is 222 g/mol. The van der Waals surface area contributed by atoms with Crippen LogP contribution in [0.25, 0.3) is 0 Å². The zero-order valence-corrected chi connectivity index (χ0v) is 11.7. The van der Waals surface area contributed by atoms with Gasteiger partial charge in [-0.05, 0) is 38.3 Å². The molecule has 0 heterocycles. The van der Waals surface area contributed by atoms with Crippen molar-refractivity contribution in [1.82, 2.24) is 0 Å². The number of rotatable bonds is 4. The van der Waals surface area contributed by atoms with Crippen molar-refractivity contribution in [1.29, 1.82) is 0 Å². The van der Waals surface area contributed by atoms with Gasteiger partial charge >= 0.3 is 0 Å². The minimum Gasteiger partial charge on any atom is -0.493 e. The van der Waals surface area contributed by atoms with Gasteiger partial charge in [0.25, 0.3) is 0 Å². The van der Waals surface area contributed by atoms with Gasteiger partial charge in [0.15, 0.2) is 0 Å². The van der Waals surface area contributed by atoms with E-state index in [1.165, 1.54) is 23.1 Å². The van der Waals surface area contributed by atoms with Crippen LogP contribution in [-0.4, -0.2) is 6.61 Å². The Balaban J connectivity index is 0.00000106. The van der Waals surface area contributed by atoms with Crippen LogP contribution in [0.3, 0.4) is 0 Å². The second kappa shape index (κ2) is 8.20. The molecule has 0 aliphatic carbocycles. The van der Waals surface area contributed by atoms with Gasteiger partial charge in [0, 0.05) is 0 Å². The monoisotopic (exact) mass is 222 g/mol. The summed E-state index contributed by atoms with van der Waals surface area (Å²) in [6.45, 7) is 13.4. The van der Waals surface area contributed by atoms with Crippen molar-refractivity contribution in [3.63, 3.8) is 0 Å². The van der Waals surface area contributed by atoms with E-state index >= 15 is 0 Å². The smallest absolute Gasteiger partial charge is 0.125 e. The molecule has 0 spiro atoms. The topological polar surface area (TPSA) is 9.23 Å². The molecule has 1 aromatic carbocycles. The van der Waals surface area contributed by atoms with Crippen molar-refractivity contribution in [2.75, 3.05) is 6.61 Å². The molecule has 0 aromatic heterocycles. The van der Waals surface area contributed by atoms with Crippen molar-refractivity contribution in [3.05, 3.63) is 28.8 Å². The van der Waals surface area contributed by atoms with E-state index in [1.54, 1.807) is 0 Å². The van der Waals surface area contributed by atoms with Crippen molar-refractivity contribution >= 4 is 0 Å². The van der Waals surface area contributed by atoms with E-state index in [0.29, 0.717) is 0 Å². The fraction of sp³-hybridized carbons (Fsp3) is 0.600. The fourth-order valence-electron chi connectivity index (χ4n) is 1.71. The van der Waals surface area contributed by atoms with Crippen LogP contribution in [0.1, 0.15) is 50.3 Å². The van der Waals surface area contributed by atoms with Crippen LogP contribution in [0.15, 0.2) is 12.1 Å². The van der Waals surface area contributed by atoms with E-state index in [0.717, 1.165) is 18.8 Å². The predicted octanol–water partition coefficient (Wildman–Crippen LogP) is 4.82. The first-order chi connectivity index (χ1) is 7.65. The summed E-state index contributed by atoms with van der Waals surface area (Å²) in [6, 6.07) is 4.35. The third-order valence-corrected chi connectivity index (χ3v) is 2.35. The summed E-state index contributed by atoms with van der Waals surface area (Å²) in [6.07, 6.45) is 2.32. The lowest BCUT2D eigenvalue weighted by Gasteiger charge is -2.12. The molecule has 0 atom stereocenters. The second-order valence-electron chi connectivity index (χ2n) is 3.93. The Bertz CT molecular complexity index is 279. The van der Waals surface area contributed by atoms with E-state index in [-0.39, 0.29) is 0 Å². The van der Waals surface area contributed by atoms with Crippen LogP contribution in [0.2, 0.25) is 0 Å². The molecule has 1 nitrogen and oxygen atoms in total. The molecule has 0 unspecified atom stereocenters.